The Balaban J connectivity index is 2.14. The molecule has 0 aromatic carbocycles. The van der Waals surface area contributed by atoms with Gasteiger partial charge < -0.3 is 9.15 Å². The van der Waals surface area contributed by atoms with Crippen molar-refractivity contribution < 1.29 is 9.15 Å². The van der Waals surface area contributed by atoms with Crippen molar-refractivity contribution >= 4 is 11.3 Å². The van der Waals surface area contributed by atoms with Crippen LogP contribution in [0.1, 0.15) is 0 Å². The predicted molar refractivity (Wildman–Crippen MR) is 43.1 cm³/mol. The third-order valence-electron chi connectivity index (χ3n) is 1.19. The van der Waals surface area contributed by atoms with Crippen LogP contribution in [0.25, 0.3) is 0 Å². The van der Waals surface area contributed by atoms with Crippen LogP contribution in [0.15, 0.2) is 40.3 Å². The van der Waals surface area contributed by atoms with Crippen LogP contribution in [0.5, 0.6) is 11.0 Å². The van der Waals surface area contributed by atoms with Crippen molar-refractivity contribution in [3.05, 3.63) is 35.9 Å². The van der Waals surface area contributed by atoms with Crippen molar-refractivity contribution in [2.24, 2.45) is 0 Å². The zero-order valence-corrected chi connectivity index (χ0v) is 6.51. The summed E-state index contributed by atoms with van der Waals surface area (Å²) in [6, 6.07) is 7.40. The Kier molecular flexibility index (Phi) is 1.65. The van der Waals surface area contributed by atoms with Crippen LogP contribution in [-0.4, -0.2) is 0 Å². The molecule has 0 aliphatic heterocycles. The second kappa shape index (κ2) is 2.80. The SMILES string of the molecule is c1coc(Oc2cccs2)c1. The van der Waals surface area contributed by atoms with E-state index in [1.165, 1.54) is 11.3 Å². The van der Waals surface area contributed by atoms with E-state index in [1.54, 1.807) is 18.4 Å². The Morgan fingerprint density at radius 2 is 2.27 bits per heavy atom. The van der Waals surface area contributed by atoms with E-state index >= 15 is 0 Å². The Bertz CT molecular complexity index is 264. The van der Waals surface area contributed by atoms with E-state index in [9.17, 15) is 0 Å². The fourth-order valence-electron chi connectivity index (χ4n) is 0.742. The van der Waals surface area contributed by atoms with Crippen LogP contribution in [0.2, 0.25) is 0 Å². The lowest BCUT2D eigenvalue weighted by molar-refractivity contribution is 0.353. The number of ether oxygens (including phenoxy) is 1. The molecule has 11 heavy (non-hydrogen) atoms. The van der Waals surface area contributed by atoms with Gasteiger partial charge in [-0.2, -0.15) is 0 Å². The average Bonchev–Trinajstić information content (AvgIpc) is 2.60. The van der Waals surface area contributed by atoms with Crippen LogP contribution >= 0.6 is 11.3 Å². The summed E-state index contributed by atoms with van der Waals surface area (Å²) in [5.74, 6) is 0.535. The summed E-state index contributed by atoms with van der Waals surface area (Å²) in [4.78, 5) is 0. The first kappa shape index (κ1) is 6.49. The molecule has 0 aliphatic carbocycles. The van der Waals surface area contributed by atoms with Gasteiger partial charge in [0.1, 0.15) is 0 Å². The number of furan rings is 1. The molecule has 2 heterocycles. The third-order valence-corrected chi connectivity index (χ3v) is 1.94. The number of hydrogen-bond donors (Lipinski definition) is 0. The minimum absolute atomic E-state index is 0.535. The van der Waals surface area contributed by atoms with E-state index in [0.29, 0.717) is 5.95 Å². The minimum atomic E-state index is 0.535. The monoisotopic (exact) mass is 166 g/mol. The minimum Gasteiger partial charge on any atom is -0.434 e. The van der Waals surface area contributed by atoms with Crippen LogP contribution < -0.4 is 4.74 Å². The standard InChI is InChI=1S/C8H6O2S/c1-3-7(9-5-1)10-8-4-2-6-11-8/h1-6H. The van der Waals surface area contributed by atoms with Gasteiger partial charge in [0.05, 0.1) is 6.26 Å². The molecular formula is C8H6O2S. The molecule has 0 fully saturated rings. The van der Waals surface area contributed by atoms with Gasteiger partial charge in [-0.05, 0) is 23.6 Å². The molecule has 0 atom stereocenters. The van der Waals surface area contributed by atoms with E-state index in [0.717, 1.165) is 5.06 Å². The Morgan fingerprint density at radius 3 is 2.91 bits per heavy atom. The molecule has 0 amide bonds. The molecule has 0 saturated carbocycles. The first-order valence-electron chi connectivity index (χ1n) is 3.20. The quantitative estimate of drug-likeness (QED) is 0.683. The van der Waals surface area contributed by atoms with Gasteiger partial charge in [-0.1, -0.05) is 0 Å². The molecule has 2 aromatic rings. The number of hydrogen-bond acceptors (Lipinski definition) is 3. The van der Waals surface area contributed by atoms with Gasteiger partial charge in [0.15, 0.2) is 5.06 Å². The smallest absolute Gasteiger partial charge is 0.290 e. The van der Waals surface area contributed by atoms with Crippen molar-refractivity contribution in [1.29, 1.82) is 0 Å². The maximum Gasteiger partial charge on any atom is 0.290 e. The van der Waals surface area contributed by atoms with E-state index in [-0.39, 0.29) is 0 Å². The first-order valence-corrected chi connectivity index (χ1v) is 4.08. The lowest BCUT2D eigenvalue weighted by Crippen LogP contribution is -1.74. The van der Waals surface area contributed by atoms with Crippen LogP contribution in [0, 0.1) is 0 Å². The van der Waals surface area contributed by atoms with E-state index in [4.69, 9.17) is 9.15 Å². The molecule has 2 rings (SSSR count). The Labute approximate surface area is 68.0 Å². The Morgan fingerprint density at radius 1 is 1.27 bits per heavy atom. The normalized spacial score (nSPS) is 9.82. The lowest BCUT2D eigenvalue weighted by Gasteiger charge is -1.94. The molecule has 3 heteroatoms. The summed E-state index contributed by atoms with van der Waals surface area (Å²) >= 11 is 1.54. The second-order valence-electron chi connectivity index (χ2n) is 1.97. The summed E-state index contributed by atoms with van der Waals surface area (Å²) in [5, 5.41) is 2.80. The molecule has 0 aliphatic rings. The summed E-state index contributed by atoms with van der Waals surface area (Å²) in [5.41, 5.74) is 0. The highest BCUT2D eigenvalue weighted by atomic mass is 32.1. The average molecular weight is 166 g/mol. The summed E-state index contributed by atoms with van der Waals surface area (Å²) in [6.45, 7) is 0. The zero-order chi connectivity index (χ0) is 7.52. The van der Waals surface area contributed by atoms with E-state index < -0.39 is 0 Å². The van der Waals surface area contributed by atoms with Crippen molar-refractivity contribution in [1.82, 2.24) is 0 Å². The topological polar surface area (TPSA) is 22.4 Å². The number of thiophene rings is 1. The highest BCUT2D eigenvalue weighted by Crippen LogP contribution is 2.25. The van der Waals surface area contributed by atoms with E-state index in [1.807, 2.05) is 17.5 Å². The lowest BCUT2D eigenvalue weighted by atomic mass is 10.6. The van der Waals surface area contributed by atoms with Crippen LogP contribution in [-0.2, 0) is 0 Å². The fraction of sp³-hybridized carbons (Fsp3) is 0. The molecule has 56 valence electrons. The summed E-state index contributed by atoms with van der Waals surface area (Å²) in [6.07, 6.45) is 1.59. The van der Waals surface area contributed by atoms with Gasteiger partial charge in [-0.3, -0.25) is 0 Å². The summed E-state index contributed by atoms with van der Waals surface area (Å²) in [7, 11) is 0. The largest absolute Gasteiger partial charge is 0.434 e. The Hall–Kier alpha value is -1.22. The molecule has 0 N–H and O–H groups in total. The van der Waals surface area contributed by atoms with Crippen molar-refractivity contribution in [2.45, 2.75) is 0 Å². The zero-order valence-electron chi connectivity index (χ0n) is 5.69. The maximum absolute atomic E-state index is 5.31. The van der Waals surface area contributed by atoms with E-state index in [2.05, 4.69) is 0 Å². The molecule has 0 bridgehead atoms. The van der Waals surface area contributed by atoms with Gasteiger partial charge in [-0.15, -0.1) is 11.3 Å². The van der Waals surface area contributed by atoms with Gasteiger partial charge in [0.2, 0.25) is 0 Å². The third kappa shape index (κ3) is 1.43. The molecule has 0 unspecified atom stereocenters. The van der Waals surface area contributed by atoms with Crippen LogP contribution in [0.4, 0.5) is 0 Å². The second-order valence-corrected chi connectivity index (χ2v) is 2.88. The molecular weight excluding hydrogens is 160 g/mol. The summed E-state index contributed by atoms with van der Waals surface area (Å²) < 4.78 is 10.3. The molecule has 2 aromatic heterocycles. The van der Waals surface area contributed by atoms with Gasteiger partial charge in [0, 0.05) is 6.07 Å². The first-order chi connectivity index (χ1) is 5.45. The predicted octanol–water partition coefficient (Wildman–Crippen LogP) is 3.13. The van der Waals surface area contributed by atoms with Crippen molar-refractivity contribution in [3.63, 3.8) is 0 Å². The van der Waals surface area contributed by atoms with Gasteiger partial charge in [0.25, 0.3) is 5.95 Å². The molecule has 2 nitrogen and oxygen atoms in total. The van der Waals surface area contributed by atoms with Crippen molar-refractivity contribution in [3.8, 4) is 11.0 Å². The van der Waals surface area contributed by atoms with Gasteiger partial charge >= 0.3 is 0 Å². The maximum atomic E-state index is 5.31. The van der Waals surface area contributed by atoms with Crippen LogP contribution in [0.3, 0.4) is 0 Å². The van der Waals surface area contributed by atoms with Crippen molar-refractivity contribution in [2.75, 3.05) is 0 Å². The molecule has 0 spiro atoms. The highest BCUT2D eigenvalue weighted by Gasteiger charge is 1.97. The molecule has 0 radical (unpaired) electrons. The number of rotatable bonds is 2. The fourth-order valence-corrected chi connectivity index (χ4v) is 1.32. The molecule has 0 saturated heterocycles. The van der Waals surface area contributed by atoms with Gasteiger partial charge in [-0.25, -0.2) is 0 Å². The highest BCUT2D eigenvalue weighted by molar-refractivity contribution is 7.11.